The number of methoxy groups -OCH3 is 1. The smallest absolute Gasteiger partial charge is 0.409 e. The summed E-state index contributed by atoms with van der Waals surface area (Å²) in [6.07, 6.45) is 0.674. The fourth-order valence-electron chi connectivity index (χ4n) is 2.91. The number of para-hydroxylation sites is 1. The zero-order valence-electron chi connectivity index (χ0n) is 13.1. The molecule has 1 saturated heterocycles. The van der Waals surface area contributed by atoms with Crippen LogP contribution >= 0.6 is 0 Å². The van der Waals surface area contributed by atoms with E-state index >= 15 is 0 Å². The number of ether oxygens (including phenoxy) is 1. The van der Waals surface area contributed by atoms with Gasteiger partial charge in [0.15, 0.2) is 0 Å². The van der Waals surface area contributed by atoms with Gasteiger partial charge in [-0.1, -0.05) is 25.1 Å². The third-order valence-corrected chi connectivity index (χ3v) is 4.16. The van der Waals surface area contributed by atoms with Gasteiger partial charge < -0.3 is 14.5 Å². The molecule has 0 N–H and O–H groups in total. The number of carbonyl (C=O) groups excluding carboxylic acids is 1. The molecule has 1 aromatic carbocycles. The van der Waals surface area contributed by atoms with Gasteiger partial charge in [0.2, 0.25) is 0 Å². The monoisotopic (exact) mass is 299 g/mol. The van der Waals surface area contributed by atoms with Crippen molar-refractivity contribution >= 4 is 22.7 Å². The largest absolute Gasteiger partial charge is 0.453 e. The van der Waals surface area contributed by atoms with Crippen LogP contribution in [0.4, 0.5) is 10.5 Å². The van der Waals surface area contributed by atoms with Gasteiger partial charge in [0.25, 0.3) is 0 Å². The summed E-state index contributed by atoms with van der Waals surface area (Å²) in [5.74, 6) is 0. The maximum Gasteiger partial charge on any atom is 0.409 e. The van der Waals surface area contributed by atoms with Crippen LogP contribution in [0.3, 0.4) is 0 Å². The topological polar surface area (TPSA) is 45.7 Å². The Morgan fingerprint density at radius 1 is 1.23 bits per heavy atom. The Labute approximate surface area is 130 Å². The Bertz CT molecular complexity index is 679. The van der Waals surface area contributed by atoms with E-state index in [1.54, 1.807) is 4.90 Å². The van der Waals surface area contributed by atoms with Gasteiger partial charge in [0.1, 0.15) is 0 Å². The Morgan fingerprint density at radius 3 is 2.64 bits per heavy atom. The molecule has 1 aliphatic heterocycles. The molecular weight excluding hydrogens is 278 g/mol. The lowest BCUT2D eigenvalue weighted by atomic mass is 10.1. The summed E-state index contributed by atoms with van der Waals surface area (Å²) in [5.41, 5.74) is 3.35. The van der Waals surface area contributed by atoms with E-state index in [4.69, 9.17) is 9.72 Å². The molecule has 0 saturated carbocycles. The van der Waals surface area contributed by atoms with Crippen LogP contribution in [0.5, 0.6) is 0 Å². The van der Waals surface area contributed by atoms with Crippen molar-refractivity contribution in [3.63, 3.8) is 0 Å². The number of pyridine rings is 1. The number of fused-ring (bicyclic) bond motifs is 1. The van der Waals surface area contributed by atoms with Gasteiger partial charge in [-0.15, -0.1) is 0 Å². The number of amides is 1. The van der Waals surface area contributed by atoms with E-state index < -0.39 is 0 Å². The van der Waals surface area contributed by atoms with Crippen LogP contribution in [-0.4, -0.2) is 49.3 Å². The van der Waals surface area contributed by atoms with E-state index in [0.29, 0.717) is 13.1 Å². The number of benzene rings is 1. The number of aryl methyl sites for hydroxylation is 1. The first-order valence-corrected chi connectivity index (χ1v) is 7.69. The molecule has 0 radical (unpaired) electrons. The molecule has 2 heterocycles. The molecule has 0 spiro atoms. The molecule has 1 aliphatic rings. The van der Waals surface area contributed by atoms with Crippen molar-refractivity contribution in [2.75, 3.05) is 38.2 Å². The molecule has 5 heteroatoms. The minimum absolute atomic E-state index is 0.242. The second kappa shape index (κ2) is 6.22. The summed E-state index contributed by atoms with van der Waals surface area (Å²) in [6, 6.07) is 10.4. The lowest BCUT2D eigenvalue weighted by Crippen LogP contribution is -2.48. The van der Waals surface area contributed by atoms with Gasteiger partial charge in [-0.05, 0) is 18.6 Å². The summed E-state index contributed by atoms with van der Waals surface area (Å²) < 4.78 is 4.80. The highest BCUT2D eigenvalue weighted by Gasteiger charge is 2.23. The van der Waals surface area contributed by atoms with E-state index in [1.807, 2.05) is 12.1 Å². The summed E-state index contributed by atoms with van der Waals surface area (Å²) in [5, 5.41) is 1.17. The molecule has 0 aliphatic carbocycles. The molecule has 3 rings (SSSR count). The van der Waals surface area contributed by atoms with Crippen molar-refractivity contribution in [2.45, 2.75) is 13.3 Å². The molecule has 116 valence electrons. The molecule has 0 atom stereocenters. The van der Waals surface area contributed by atoms with Gasteiger partial charge >= 0.3 is 6.09 Å². The van der Waals surface area contributed by atoms with Gasteiger partial charge in [-0.3, -0.25) is 4.98 Å². The minimum atomic E-state index is -0.242. The summed E-state index contributed by atoms with van der Waals surface area (Å²) in [4.78, 5) is 20.4. The second-order valence-electron chi connectivity index (χ2n) is 5.45. The molecule has 22 heavy (non-hydrogen) atoms. The van der Waals surface area contributed by atoms with Crippen molar-refractivity contribution in [1.82, 2.24) is 9.88 Å². The van der Waals surface area contributed by atoms with E-state index in [0.717, 1.165) is 30.7 Å². The van der Waals surface area contributed by atoms with Crippen molar-refractivity contribution in [1.29, 1.82) is 0 Å². The van der Waals surface area contributed by atoms with E-state index in [9.17, 15) is 4.79 Å². The number of anilines is 1. The highest BCUT2D eigenvalue weighted by atomic mass is 16.5. The maximum atomic E-state index is 11.6. The van der Waals surface area contributed by atoms with Crippen LogP contribution in [-0.2, 0) is 11.2 Å². The van der Waals surface area contributed by atoms with E-state index in [1.165, 1.54) is 18.2 Å². The van der Waals surface area contributed by atoms with Gasteiger partial charge in [-0.2, -0.15) is 0 Å². The van der Waals surface area contributed by atoms with Crippen molar-refractivity contribution in [3.05, 3.63) is 36.0 Å². The Kier molecular flexibility index (Phi) is 4.13. The van der Waals surface area contributed by atoms with E-state index in [2.05, 4.69) is 30.0 Å². The number of carbonyl (C=O) groups is 1. The first kappa shape index (κ1) is 14.6. The third-order valence-electron chi connectivity index (χ3n) is 4.16. The minimum Gasteiger partial charge on any atom is -0.453 e. The Balaban J connectivity index is 1.89. The fourth-order valence-corrected chi connectivity index (χ4v) is 2.91. The van der Waals surface area contributed by atoms with Gasteiger partial charge in [-0.25, -0.2) is 4.79 Å². The molecule has 0 bridgehead atoms. The van der Waals surface area contributed by atoms with Crippen LogP contribution in [0.2, 0.25) is 0 Å². The SMILES string of the molecule is CCc1cc(N2CCN(C(=O)OC)CC2)c2ccccc2n1. The quantitative estimate of drug-likeness (QED) is 0.855. The standard InChI is InChI=1S/C17H21N3O2/c1-3-13-12-16(14-6-4-5-7-15(14)18-13)19-8-10-20(11-9-19)17(21)22-2/h4-7,12H,3,8-11H2,1-2H3. The Morgan fingerprint density at radius 2 is 1.95 bits per heavy atom. The molecular formula is C17H21N3O2. The average Bonchev–Trinajstić information content (AvgIpc) is 2.60. The molecule has 1 aromatic heterocycles. The zero-order chi connectivity index (χ0) is 15.5. The lowest BCUT2D eigenvalue weighted by Gasteiger charge is -2.35. The molecule has 0 unspecified atom stereocenters. The van der Waals surface area contributed by atoms with Crippen LogP contribution < -0.4 is 4.90 Å². The van der Waals surface area contributed by atoms with Crippen molar-refractivity contribution < 1.29 is 9.53 Å². The highest BCUT2D eigenvalue weighted by molar-refractivity contribution is 5.92. The average molecular weight is 299 g/mol. The van der Waals surface area contributed by atoms with Gasteiger partial charge in [0, 0.05) is 42.9 Å². The third kappa shape index (κ3) is 2.71. The van der Waals surface area contributed by atoms with Crippen molar-refractivity contribution in [2.24, 2.45) is 0 Å². The van der Waals surface area contributed by atoms with Gasteiger partial charge in [0.05, 0.1) is 12.6 Å². The molecule has 1 fully saturated rings. The number of rotatable bonds is 2. The first-order chi connectivity index (χ1) is 10.7. The first-order valence-electron chi connectivity index (χ1n) is 7.69. The predicted octanol–water partition coefficient (Wildman–Crippen LogP) is 2.69. The maximum absolute atomic E-state index is 11.6. The number of piperazine rings is 1. The summed E-state index contributed by atoms with van der Waals surface area (Å²) >= 11 is 0. The van der Waals surface area contributed by atoms with Crippen LogP contribution in [0.15, 0.2) is 30.3 Å². The number of nitrogens with zero attached hydrogens (tertiary/aromatic N) is 3. The van der Waals surface area contributed by atoms with E-state index in [-0.39, 0.29) is 6.09 Å². The van der Waals surface area contributed by atoms with Crippen LogP contribution in [0.1, 0.15) is 12.6 Å². The number of aromatic nitrogens is 1. The Hall–Kier alpha value is -2.30. The van der Waals surface area contributed by atoms with Crippen LogP contribution in [0, 0.1) is 0 Å². The van der Waals surface area contributed by atoms with Crippen molar-refractivity contribution in [3.8, 4) is 0 Å². The summed E-state index contributed by atoms with van der Waals surface area (Å²) in [7, 11) is 1.43. The predicted molar refractivity (Wildman–Crippen MR) is 87.3 cm³/mol. The number of hydrogen-bond acceptors (Lipinski definition) is 4. The molecule has 5 nitrogen and oxygen atoms in total. The second-order valence-corrected chi connectivity index (χ2v) is 5.45. The molecule has 1 amide bonds. The normalized spacial score (nSPS) is 15.2. The highest BCUT2D eigenvalue weighted by Crippen LogP contribution is 2.28. The lowest BCUT2D eigenvalue weighted by molar-refractivity contribution is 0.121. The summed E-state index contributed by atoms with van der Waals surface area (Å²) in [6.45, 7) is 5.12. The number of hydrogen-bond donors (Lipinski definition) is 0. The zero-order valence-corrected chi connectivity index (χ0v) is 13.1. The fraction of sp³-hybridized carbons (Fsp3) is 0.412. The molecule has 2 aromatic rings. The van der Waals surface area contributed by atoms with Crippen LogP contribution in [0.25, 0.3) is 10.9 Å².